The number of hydrogen-bond donors (Lipinski definition) is 3. The van der Waals surface area contributed by atoms with Crippen molar-refractivity contribution in [1.82, 2.24) is 15.1 Å². The Kier molecular flexibility index (Phi) is 4.88. The van der Waals surface area contributed by atoms with E-state index in [-0.39, 0.29) is 24.3 Å². The first-order valence-electron chi connectivity index (χ1n) is 9.53. The smallest absolute Gasteiger partial charge is 0.273 e. The van der Waals surface area contributed by atoms with Crippen LogP contribution in [0.3, 0.4) is 0 Å². The lowest BCUT2D eigenvalue weighted by Crippen LogP contribution is -2.31. The zero-order valence-electron chi connectivity index (χ0n) is 15.7. The number of carbonyl (C=O) groups excluding carboxylic acids is 1. The molecule has 6 heteroatoms. The van der Waals surface area contributed by atoms with Gasteiger partial charge in [0.2, 0.25) is 0 Å². The van der Waals surface area contributed by atoms with E-state index in [1.54, 1.807) is 23.1 Å². The number of amides is 1. The molecule has 0 saturated carbocycles. The van der Waals surface area contributed by atoms with E-state index in [4.69, 9.17) is 0 Å². The number of aromatic nitrogens is 2. The molecule has 0 fully saturated rings. The van der Waals surface area contributed by atoms with Crippen LogP contribution >= 0.6 is 0 Å². The lowest BCUT2D eigenvalue weighted by molar-refractivity contribution is 0.0732. The van der Waals surface area contributed by atoms with Gasteiger partial charge in [-0.25, -0.2) is 0 Å². The van der Waals surface area contributed by atoms with Crippen LogP contribution in [0.1, 0.15) is 46.6 Å². The molecule has 28 heavy (non-hydrogen) atoms. The number of phenolic OH excluding ortho intramolecular Hbond substituents is 1. The van der Waals surface area contributed by atoms with Crippen LogP contribution in [0.5, 0.6) is 5.75 Å². The third-order valence-corrected chi connectivity index (χ3v) is 5.28. The number of aliphatic hydroxyl groups is 1. The number of hydrogen-bond acceptors (Lipinski definition) is 4. The second kappa shape index (κ2) is 7.48. The maximum Gasteiger partial charge on any atom is 0.273 e. The molecule has 0 spiro atoms. The van der Waals surface area contributed by atoms with Crippen molar-refractivity contribution >= 4 is 5.91 Å². The third-order valence-electron chi connectivity index (χ3n) is 5.28. The number of aryl methyl sites for hydroxylation is 1. The number of nitrogens with zero attached hydrogens (tertiary/aromatic N) is 2. The topological polar surface area (TPSA) is 89.5 Å². The summed E-state index contributed by atoms with van der Waals surface area (Å²) >= 11 is 0. The highest BCUT2D eigenvalue weighted by Gasteiger charge is 2.42. The summed E-state index contributed by atoms with van der Waals surface area (Å²) in [5.41, 5.74) is 4.60. The highest BCUT2D eigenvalue weighted by molar-refractivity contribution is 6.00. The number of aromatic hydroxyl groups is 1. The fourth-order valence-electron chi connectivity index (χ4n) is 3.83. The minimum Gasteiger partial charge on any atom is -0.507 e. The fourth-order valence-corrected chi connectivity index (χ4v) is 3.83. The van der Waals surface area contributed by atoms with Crippen molar-refractivity contribution in [2.45, 2.75) is 25.8 Å². The third kappa shape index (κ3) is 2.96. The van der Waals surface area contributed by atoms with Gasteiger partial charge in [-0.3, -0.25) is 9.89 Å². The molecule has 144 valence electrons. The molecular formula is C22H23N3O3. The van der Waals surface area contributed by atoms with Crippen LogP contribution in [-0.2, 0) is 6.42 Å². The summed E-state index contributed by atoms with van der Waals surface area (Å²) in [4.78, 5) is 14.8. The van der Waals surface area contributed by atoms with E-state index in [0.717, 1.165) is 17.5 Å². The van der Waals surface area contributed by atoms with E-state index >= 15 is 0 Å². The van der Waals surface area contributed by atoms with Gasteiger partial charge in [-0.15, -0.1) is 0 Å². The summed E-state index contributed by atoms with van der Waals surface area (Å²) in [6.07, 6.45) is 1.44. The standard InChI is InChI=1S/C22H23N3O3/c1-2-14-8-10-15(11-9-14)21-18-19(16-6-3-4-7-17(16)27)23-24-20(18)22(28)25(21)12-5-13-26/h3-4,6-11,21,26-27H,2,5,12-13H2,1H3,(H,23,24)/t21-/m1/s1. The van der Waals surface area contributed by atoms with Crippen LogP contribution in [0.25, 0.3) is 11.3 Å². The van der Waals surface area contributed by atoms with E-state index in [9.17, 15) is 15.0 Å². The summed E-state index contributed by atoms with van der Waals surface area (Å²) in [7, 11) is 0. The lowest BCUT2D eigenvalue weighted by atomic mass is 9.95. The maximum absolute atomic E-state index is 13.0. The number of fused-ring (bicyclic) bond motifs is 1. The van der Waals surface area contributed by atoms with E-state index in [0.29, 0.717) is 29.9 Å². The molecule has 1 aromatic heterocycles. The molecule has 0 unspecified atom stereocenters. The molecule has 1 aliphatic rings. The van der Waals surface area contributed by atoms with Gasteiger partial charge >= 0.3 is 0 Å². The summed E-state index contributed by atoms with van der Waals surface area (Å²) in [6, 6.07) is 14.9. The van der Waals surface area contributed by atoms with Crippen LogP contribution in [0.15, 0.2) is 48.5 Å². The molecule has 2 heterocycles. The maximum atomic E-state index is 13.0. The SMILES string of the molecule is CCc1ccc([C@@H]2c3c(-c4ccccc4O)n[nH]c3C(=O)N2CCCO)cc1. The number of para-hydroxylation sites is 1. The Hall–Kier alpha value is -3.12. The summed E-state index contributed by atoms with van der Waals surface area (Å²) in [5, 5.41) is 26.8. The number of aliphatic hydroxyl groups excluding tert-OH is 1. The fraction of sp³-hybridized carbons (Fsp3) is 0.273. The molecule has 0 aliphatic carbocycles. The van der Waals surface area contributed by atoms with Crippen molar-refractivity contribution < 1.29 is 15.0 Å². The van der Waals surface area contributed by atoms with Crippen LogP contribution in [0.2, 0.25) is 0 Å². The van der Waals surface area contributed by atoms with Gasteiger partial charge in [0.05, 0.1) is 6.04 Å². The highest BCUT2D eigenvalue weighted by atomic mass is 16.3. The van der Waals surface area contributed by atoms with Crippen molar-refractivity contribution in [3.63, 3.8) is 0 Å². The van der Waals surface area contributed by atoms with Crippen molar-refractivity contribution in [3.8, 4) is 17.0 Å². The number of benzene rings is 2. The number of nitrogens with one attached hydrogen (secondary N) is 1. The zero-order chi connectivity index (χ0) is 19.7. The molecule has 1 atom stereocenters. The van der Waals surface area contributed by atoms with Crippen LogP contribution in [0.4, 0.5) is 0 Å². The summed E-state index contributed by atoms with van der Waals surface area (Å²) in [6.45, 7) is 2.56. The van der Waals surface area contributed by atoms with Gasteiger partial charge in [-0.05, 0) is 36.1 Å². The average molecular weight is 377 g/mol. The van der Waals surface area contributed by atoms with E-state index in [1.165, 1.54) is 5.56 Å². The molecule has 1 aliphatic heterocycles. The largest absolute Gasteiger partial charge is 0.507 e. The highest BCUT2D eigenvalue weighted by Crippen LogP contribution is 2.44. The molecule has 0 saturated heterocycles. The number of phenols is 1. The Morgan fingerprint density at radius 3 is 2.57 bits per heavy atom. The number of carbonyl (C=O) groups is 1. The van der Waals surface area contributed by atoms with Gasteiger partial charge in [-0.1, -0.05) is 43.3 Å². The van der Waals surface area contributed by atoms with Crippen molar-refractivity contribution in [2.75, 3.05) is 13.2 Å². The quantitative estimate of drug-likeness (QED) is 0.615. The van der Waals surface area contributed by atoms with Crippen molar-refractivity contribution in [2.24, 2.45) is 0 Å². The minimum atomic E-state index is -0.312. The molecular weight excluding hydrogens is 354 g/mol. The lowest BCUT2D eigenvalue weighted by Gasteiger charge is -2.26. The average Bonchev–Trinajstić information content (AvgIpc) is 3.26. The summed E-state index contributed by atoms with van der Waals surface area (Å²) < 4.78 is 0. The second-order valence-electron chi connectivity index (χ2n) is 6.95. The first kappa shape index (κ1) is 18.3. The Bertz CT molecular complexity index is 995. The first-order chi connectivity index (χ1) is 13.7. The van der Waals surface area contributed by atoms with Gasteiger partial charge in [0.1, 0.15) is 17.1 Å². The van der Waals surface area contributed by atoms with Crippen LogP contribution < -0.4 is 0 Å². The van der Waals surface area contributed by atoms with Crippen molar-refractivity contribution in [1.29, 1.82) is 0 Å². The minimum absolute atomic E-state index is 0.0176. The first-order valence-corrected chi connectivity index (χ1v) is 9.53. The molecule has 3 N–H and O–H groups in total. The second-order valence-corrected chi connectivity index (χ2v) is 6.95. The van der Waals surface area contributed by atoms with Gasteiger partial charge in [0.15, 0.2) is 0 Å². The Labute approximate surface area is 163 Å². The monoisotopic (exact) mass is 377 g/mol. The van der Waals surface area contributed by atoms with Gasteiger partial charge < -0.3 is 15.1 Å². The van der Waals surface area contributed by atoms with E-state index < -0.39 is 0 Å². The van der Waals surface area contributed by atoms with Crippen LogP contribution in [-0.4, -0.2) is 44.4 Å². The molecule has 0 bridgehead atoms. The van der Waals surface area contributed by atoms with Gasteiger partial charge in [-0.2, -0.15) is 5.10 Å². The Balaban J connectivity index is 1.86. The molecule has 2 aromatic carbocycles. The Morgan fingerprint density at radius 1 is 1.14 bits per heavy atom. The van der Waals surface area contributed by atoms with Crippen molar-refractivity contribution in [3.05, 3.63) is 70.9 Å². The molecule has 0 radical (unpaired) electrons. The summed E-state index contributed by atoms with van der Waals surface area (Å²) in [5.74, 6) is -0.0136. The van der Waals surface area contributed by atoms with E-state index in [2.05, 4.69) is 29.3 Å². The van der Waals surface area contributed by atoms with Gasteiger partial charge in [0.25, 0.3) is 5.91 Å². The van der Waals surface area contributed by atoms with Gasteiger partial charge in [0, 0.05) is 24.3 Å². The predicted molar refractivity (Wildman–Crippen MR) is 106 cm³/mol. The number of rotatable bonds is 6. The number of aromatic amines is 1. The van der Waals surface area contributed by atoms with E-state index in [1.807, 2.05) is 18.2 Å². The molecule has 4 rings (SSSR count). The zero-order valence-corrected chi connectivity index (χ0v) is 15.7. The number of H-pyrrole nitrogens is 1. The van der Waals surface area contributed by atoms with Crippen LogP contribution in [0, 0.1) is 0 Å². The normalized spacial score (nSPS) is 15.9. The molecule has 3 aromatic rings. The Morgan fingerprint density at radius 2 is 1.89 bits per heavy atom. The molecule has 1 amide bonds. The predicted octanol–water partition coefficient (Wildman–Crippen LogP) is 3.27. The molecule has 6 nitrogen and oxygen atoms in total.